The van der Waals surface area contributed by atoms with Crippen molar-refractivity contribution in [3.05, 3.63) is 64.4 Å². The summed E-state index contributed by atoms with van der Waals surface area (Å²) in [7, 11) is 1.83. The van der Waals surface area contributed by atoms with Crippen LogP contribution in [0.3, 0.4) is 0 Å². The molecule has 0 aliphatic carbocycles. The van der Waals surface area contributed by atoms with Gasteiger partial charge in [0.1, 0.15) is 12.1 Å². The Morgan fingerprint density at radius 3 is 2.81 bits per heavy atom. The van der Waals surface area contributed by atoms with Crippen LogP contribution in [0.25, 0.3) is 0 Å². The maximum atomic E-state index is 13.3. The van der Waals surface area contributed by atoms with E-state index in [2.05, 4.69) is 15.3 Å². The molecule has 0 spiro atoms. The minimum absolute atomic E-state index is 0.121. The summed E-state index contributed by atoms with van der Waals surface area (Å²) in [4.78, 5) is 13.9. The Morgan fingerprint density at radius 2 is 2.15 bits per heavy atom. The van der Waals surface area contributed by atoms with Crippen molar-refractivity contribution in [2.45, 2.75) is 17.6 Å². The summed E-state index contributed by atoms with van der Waals surface area (Å²) in [6.07, 6.45) is 2.20. The van der Waals surface area contributed by atoms with Crippen molar-refractivity contribution in [2.24, 2.45) is 12.1 Å². The van der Waals surface area contributed by atoms with Crippen molar-refractivity contribution < 1.29 is 9.18 Å². The first kappa shape index (κ1) is 17.9. The van der Waals surface area contributed by atoms with Crippen LogP contribution in [0.4, 0.5) is 4.39 Å². The second-order valence-corrected chi connectivity index (χ2v) is 7.94. The molecule has 2 aromatic heterocycles. The van der Waals surface area contributed by atoms with Crippen molar-refractivity contribution in [1.82, 2.24) is 19.8 Å². The van der Waals surface area contributed by atoms with Gasteiger partial charge in [-0.1, -0.05) is 30.0 Å². The van der Waals surface area contributed by atoms with Crippen LogP contribution in [-0.4, -0.2) is 37.1 Å². The topological polar surface area (TPSA) is 63.4 Å². The smallest absolute Gasteiger partial charge is 0.253 e. The molecule has 27 heavy (non-hydrogen) atoms. The Morgan fingerprint density at radius 1 is 1.33 bits per heavy atom. The number of thioether (sulfide) groups is 1. The van der Waals surface area contributed by atoms with Crippen molar-refractivity contribution >= 4 is 34.7 Å². The molecule has 6 nitrogen and oxygen atoms in total. The molecule has 9 heteroatoms. The zero-order valence-electron chi connectivity index (χ0n) is 14.4. The predicted molar refractivity (Wildman–Crippen MR) is 103 cm³/mol. The molecular weight excluding hydrogens is 385 g/mol. The summed E-state index contributed by atoms with van der Waals surface area (Å²) in [6, 6.07) is 9.96. The van der Waals surface area contributed by atoms with Gasteiger partial charge in [0.25, 0.3) is 5.91 Å². The number of amides is 1. The predicted octanol–water partition coefficient (Wildman–Crippen LogP) is 3.49. The highest BCUT2D eigenvalue weighted by Crippen LogP contribution is 2.34. The molecule has 1 aliphatic rings. The maximum Gasteiger partial charge on any atom is 0.253 e. The zero-order chi connectivity index (χ0) is 18.8. The normalized spacial score (nSPS) is 16.6. The minimum atomic E-state index is -0.299. The van der Waals surface area contributed by atoms with Gasteiger partial charge in [0.2, 0.25) is 0 Å². The molecule has 1 aliphatic heterocycles. The van der Waals surface area contributed by atoms with E-state index in [0.29, 0.717) is 11.6 Å². The summed E-state index contributed by atoms with van der Waals surface area (Å²) >= 11 is 2.91. The third-order valence-electron chi connectivity index (χ3n) is 4.22. The van der Waals surface area contributed by atoms with Gasteiger partial charge in [-0.05, 0) is 29.1 Å². The van der Waals surface area contributed by atoms with Gasteiger partial charge in [0.05, 0.1) is 22.4 Å². The largest absolute Gasteiger partial charge is 0.312 e. The average molecular weight is 401 g/mol. The van der Waals surface area contributed by atoms with Gasteiger partial charge in [-0.15, -0.1) is 21.5 Å². The number of carbonyl (C=O) groups excluding carboxylic acids is 1. The van der Waals surface area contributed by atoms with E-state index in [9.17, 15) is 9.18 Å². The number of rotatable bonds is 5. The quantitative estimate of drug-likeness (QED) is 0.614. The first-order valence-corrected chi connectivity index (χ1v) is 10.1. The van der Waals surface area contributed by atoms with Gasteiger partial charge in [-0.2, -0.15) is 5.10 Å². The van der Waals surface area contributed by atoms with Crippen LogP contribution >= 0.6 is 23.1 Å². The SMILES string of the molecule is Cn1cnnc1SCC(=O)N1N=C(c2cccs2)C[C@@H]1c1ccc(F)cc1. The average Bonchev–Trinajstić information content (AvgIpc) is 3.41. The molecule has 0 bridgehead atoms. The number of carbonyl (C=O) groups is 1. The first-order chi connectivity index (χ1) is 13.1. The molecule has 3 aromatic rings. The molecule has 0 saturated heterocycles. The molecular formula is C18H16FN5OS2. The van der Waals surface area contributed by atoms with Gasteiger partial charge in [-0.3, -0.25) is 4.79 Å². The molecule has 1 amide bonds. The summed E-state index contributed by atoms with van der Waals surface area (Å²) in [5.74, 6) is -0.221. The van der Waals surface area contributed by atoms with Gasteiger partial charge in [-0.25, -0.2) is 9.40 Å². The Kier molecular flexibility index (Phi) is 5.04. The number of aryl methyl sites for hydroxylation is 1. The van der Waals surface area contributed by atoms with Crippen molar-refractivity contribution in [2.75, 3.05) is 5.75 Å². The van der Waals surface area contributed by atoms with Crippen LogP contribution in [0.15, 0.2) is 58.4 Å². The zero-order valence-corrected chi connectivity index (χ0v) is 16.1. The third-order valence-corrected chi connectivity index (χ3v) is 6.16. The Labute approximate surface area is 163 Å². The lowest BCUT2D eigenvalue weighted by molar-refractivity contribution is -0.130. The molecule has 0 saturated carbocycles. The van der Waals surface area contributed by atoms with Crippen LogP contribution in [-0.2, 0) is 11.8 Å². The summed E-state index contributed by atoms with van der Waals surface area (Å²) in [6.45, 7) is 0. The lowest BCUT2D eigenvalue weighted by atomic mass is 10.0. The molecule has 1 aromatic carbocycles. The van der Waals surface area contributed by atoms with Crippen LogP contribution in [0, 0.1) is 5.82 Å². The molecule has 0 radical (unpaired) electrons. The fourth-order valence-electron chi connectivity index (χ4n) is 2.87. The van der Waals surface area contributed by atoms with E-state index in [1.807, 2.05) is 24.6 Å². The summed E-state index contributed by atoms with van der Waals surface area (Å²) in [5, 5.41) is 16.6. The second kappa shape index (κ2) is 7.61. The van der Waals surface area contributed by atoms with Crippen LogP contribution in [0.5, 0.6) is 0 Å². The van der Waals surface area contributed by atoms with Crippen LogP contribution < -0.4 is 0 Å². The summed E-state index contributed by atoms with van der Waals surface area (Å²) < 4.78 is 15.1. The maximum absolute atomic E-state index is 13.3. The molecule has 0 unspecified atom stereocenters. The lowest BCUT2D eigenvalue weighted by Gasteiger charge is -2.21. The minimum Gasteiger partial charge on any atom is -0.312 e. The molecule has 0 N–H and O–H groups in total. The van der Waals surface area contributed by atoms with E-state index >= 15 is 0 Å². The third kappa shape index (κ3) is 3.79. The second-order valence-electron chi connectivity index (χ2n) is 6.05. The van der Waals surface area contributed by atoms with E-state index in [-0.39, 0.29) is 23.5 Å². The molecule has 1 atom stereocenters. The van der Waals surface area contributed by atoms with E-state index in [4.69, 9.17) is 0 Å². The summed E-state index contributed by atoms with van der Waals surface area (Å²) in [5.41, 5.74) is 1.74. The van der Waals surface area contributed by atoms with Gasteiger partial charge in [0, 0.05) is 13.5 Å². The number of hydrazone groups is 1. The fraction of sp³-hybridized carbons (Fsp3) is 0.222. The van der Waals surface area contributed by atoms with Crippen molar-refractivity contribution in [3.8, 4) is 0 Å². The van der Waals surface area contributed by atoms with Crippen LogP contribution in [0.1, 0.15) is 22.9 Å². The first-order valence-electron chi connectivity index (χ1n) is 8.27. The van der Waals surface area contributed by atoms with Gasteiger partial charge >= 0.3 is 0 Å². The number of hydrogen-bond donors (Lipinski definition) is 0. The standard InChI is InChI=1S/C18H16FN5OS2/c1-23-11-20-21-18(23)27-10-17(25)24-15(12-4-6-13(19)7-5-12)9-14(22-24)16-3-2-8-26-16/h2-8,11,15H,9-10H2,1H3/t15-/m1/s1. The number of halogens is 1. The molecule has 0 fully saturated rings. The van der Waals surface area contributed by atoms with Gasteiger partial charge < -0.3 is 4.57 Å². The van der Waals surface area contributed by atoms with E-state index in [1.165, 1.54) is 28.9 Å². The number of nitrogens with zero attached hydrogens (tertiary/aromatic N) is 5. The number of aromatic nitrogens is 3. The number of thiophene rings is 1. The lowest BCUT2D eigenvalue weighted by Crippen LogP contribution is -2.28. The van der Waals surface area contributed by atoms with Crippen LogP contribution in [0.2, 0.25) is 0 Å². The Bertz CT molecular complexity index is 968. The number of hydrogen-bond acceptors (Lipinski definition) is 6. The van der Waals surface area contributed by atoms with Gasteiger partial charge in [0.15, 0.2) is 5.16 Å². The molecule has 138 valence electrons. The Hall–Kier alpha value is -2.52. The van der Waals surface area contributed by atoms with Crippen molar-refractivity contribution in [1.29, 1.82) is 0 Å². The van der Waals surface area contributed by atoms with E-state index in [1.54, 1.807) is 34.4 Å². The van der Waals surface area contributed by atoms with E-state index in [0.717, 1.165) is 16.2 Å². The molecule has 3 heterocycles. The van der Waals surface area contributed by atoms with E-state index < -0.39 is 0 Å². The highest BCUT2D eigenvalue weighted by molar-refractivity contribution is 7.99. The number of benzene rings is 1. The fourth-order valence-corrected chi connectivity index (χ4v) is 4.33. The Balaban J connectivity index is 1.57. The monoisotopic (exact) mass is 401 g/mol. The highest BCUT2D eigenvalue weighted by atomic mass is 32.2. The van der Waals surface area contributed by atoms with Crippen molar-refractivity contribution in [3.63, 3.8) is 0 Å². The highest BCUT2D eigenvalue weighted by Gasteiger charge is 2.33. The molecule has 4 rings (SSSR count).